The summed E-state index contributed by atoms with van der Waals surface area (Å²) in [6, 6.07) is 5.21. The molecule has 0 spiro atoms. The van der Waals surface area contributed by atoms with Crippen molar-refractivity contribution in [2.24, 2.45) is 0 Å². The van der Waals surface area contributed by atoms with E-state index in [0.717, 1.165) is 36.3 Å². The molecule has 3 aromatic heterocycles. The summed E-state index contributed by atoms with van der Waals surface area (Å²) in [6.45, 7) is 2.30. The van der Waals surface area contributed by atoms with Crippen molar-refractivity contribution in [3.8, 4) is 11.6 Å². The number of halogens is 1. The first kappa shape index (κ1) is 14.0. The molecule has 4 rings (SSSR count). The fourth-order valence-corrected chi connectivity index (χ4v) is 2.83. The highest BCUT2D eigenvalue weighted by molar-refractivity contribution is 5.46. The van der Waals surface area contributed by atoms with Crippen LogP contribution in [0.5, 0.6) is 0 Å². The molecule has 0 amide bonds. The van der Waals surface area contributed by atoms with Crippen LogP contribution in [0.3, 0.4) is 0 Å². The van der Waals surface area contributed by atoms with Crippen LogP contribution in [0.1, 0.15) is 16.8 Å². The third-order valence-corrected chi connectivity index (χ3v) is 3.92. The van der Waals surface area contributed by atoms with Crippen LogP contribution in [0, 0.1) is 5.82 Å². The molecule has 5 nitrogen and oxygen atoms in total. The van der Waals surface area contributed by atoms with E-state index in [4.69, 9.17) is 4.42 Å². The topological polar surface area (TPSA) is 55.1 Å². The minimum Gasteiger partial charge on any atom is -0.461 e. The van der Waals surface area contributed by atoms with Crippen molar-refractivity contribution in [1.82, 2.24) is 19.9 Å². The van der Waals surface area contributed by atoms with Crippen LogP contribution < -0.4 is 0 Å². The maximum absolute atomic E-state index is 13.2. The molecular weight excluding hydrogens is 295 g/mol. The van der Waals surface area contributed by atoms with Crippen LogP contribution in [0.15, 0.2) is 47.5 Å². The van der Waals surface area contributed by atoms with Gasteiger partial charge in [-0.1, -0.05) is 0 Å². The summed E-state index contributed by atoms with van der Waals surface area (Å²) in [7, 11) is 0. The van der Waals surface area contributed by atoms with E-state index in [1.807, 2.05) is 18.3 Å². The molecule has 0 radical (unpaired) electrons. The molecule has 1 aliphatic heterocycles. The summed E-state index contributed by atoms with van der Waals surface area (Å²) in [5.74, 6) is 1.00. The van der Waals surface area contributed by atoms with Gasteiger partial charge in [-0.2, -0.15) is 0 Å². The molecule has 0 aliphatic carbocycles. The molecule has 0 saturated heterocycles. The lowest BCUT2D eigenvalue weighted by Crippen LogP contribution is -2.31. The smallest absolute Gasteiger partial charge is 0.195 e. The minimum absolute atomic E-state index is 0.300. The Balaban J connectivity index is 1.51. The number of rotatable bonds is 3. The van der Waals surface area contributed by atoms with Gasteiger partial charge in [-0.3, -0.25) is 9.88 Å². The van der Waals surface area contributed by atoms with E-state index in [0.29, 0.717) is 18.1 Å². The second-order valence-corrected chi connectivity index (χ2v) is 5.61. The summed E-state index contributed by atoms with van der Waals surface area (Å²) >= 11 is 0. The second-order valence-electron chi connectivity index (χ2n) is 5.61. The van der Waals surface area contributed by atoms with E-state index < -0.39 is 0 Å². The fraction of sp³-hybridized carbons (Fsp3) is 0.235. The summed E-state index contributed by atoms with van der Waals surface area (Å²) in [5.41, 5.74) is 3.04. The zero-order chi connectivity index (χ0) is 15.6. The van der Waals surface area contributed by atoms with Crippen molar-refractivity contribution in [3.05, 3.63) is 65.7 Å². The average Bonchev–Trinajstić information content (AvgIpc) is 3.09. The predicted octanol–water partition coefficient (Wildman–Crippen LogP) is 2.83. The molecule has 116 valence electrons. The van der Waals surface area contributed by atoms with Crippen molar-refractivity contribution >= 4 is 0 Å². The molecule has 0 fully saturated rings. The largest absolute Gasteiger partial charge is 0.461 e. The first-order chi connectivity index (χ1) is 11.3. The van der Waals surface area contributed by atoms with Gasteiger partial charge in [0.1, 0.15) is 5.82 Å². The van der Waals surface area contributed by atoms with Crippen LogP contribution in [0.2, 0.25) is 0 Å². The van der Waals surface area contributed by atoms with Crippen LogP contribution in [-0.4, -0.2) is 26.4 Å². The minimum atomic E-state index is -0.300. The van der Waals surface area contributed by atoms with Crippen molar-refractivity contribution in [1.29, 1.82) is 0 Å². The van der Waals surface area contributed by atoms with Gasteiger partial charge in [0, 0.05) is 44.0 Å². The van der Waals surface area contributed by atoms with Gasteiger partial charge in [0.2, 0.25) is 0 Å². The lowest BCUT2D eigenvalue weighted by Gasteiger charge is -2.27. The van der Waals surface area contributed by atoms with Gasteiger partial charge in [-0.15, -0.1) is 0 Å². The molecule has 6 heteroatoms. The van der Waals surface area contributed by atoms with E-state index in [2.05, 4.69) is 19.9 Å². The Labute approximate surface area is 132 Å². The molecule has 4 heterocycles. The molecule has 0 aromatic carbocycles. The van der Waals surface area contributed by atoms with Crippen LogP contribution in [-0.2, 0) is 19.5 Å². The number of furan rings is 1. The third-order valence-electron chi connectivity index (χ3n) is 3.92. The zero-order valence-electron chi connectivity index (χ0n) is 12.4. The van der Waals surface area contributed by atoms with Crippen LogP contribution in [0.25, 0.3) is 11.6 Å². The van der Waals surface area contributed by atoms with Gasteiger partial charge in [-0.05, 0) is 23.8 Å². The monoisotopic (exact) mass is 310 g/mol. The van der Waals surface area contributed by atoms with Crippen molar-refractivity contribution in [2.45, 2.75) is 19.5 Å². The van der Waals surface area contributed by atoms with Gasteiger partial charge in [0.05, 0.1) is 18.2 Å². The highest BCUT2D eigenvalue weighted by Gasteiger charge is 2.19. The second kappa shape index (κ2) is 5.89. The Kier molecular flexibility index (Phi) is 3.59. The van der Waals surface area contributed by atoms with E-state index in [1.165, 1.54) is 12.3 Å². The molecule has 0 saturated carbocycles. The number of hydrogen-bond donors (Lipinski definition) is 0. The third kappa shape index (κ3) is 2.98. The Bertz CT molecular complexity index is 819. The Morgan fingerprint density at radius 3 is 3.04 bits per heavy atom. The number of fused-ring (bicyclic) bond motifs is 1. The van der Waals surface area contributed by atoms with Crippen LogP contribution in [0.4, 0.5) is 4.39 Å². The SMILES string of the molecule is Fc1cncc(CN2CCc3nc(-c4ccco4)ncc3C2)c1. The van der Waals surface area contributed by atoms with Crippen molar-refractivity contribution in [2.75, 3.05) is 6.54 Å². The van der Waals surface area contributed by atoms with Gasteiger partial charge in [0.15, 0.2) is 11.6 Å². The molecule has 23 heavy (non-hydrogen) atoms. The van der Waals surface area contributed by atoms with Gasteiger partial charge >= 0.3 is 0 Å². The summed E-state index contributed by atoms with van der Waals surface area (Å²) < 4.78 is 18.6. The quantitative estimate of drug-likeness (QED) is 0.744. The van der Waals surface area contributed by atoms with Crippen molar-refractivity contribution < 1.29 is 8.81 Å². The Hall–Kier alpha value is -2.60. The lowest BCUT2D eigenvalue weighted by molar-refractivity contribution is 0.242. The molecule has 0 atom stereocenters. The number of pyridine rings is 1. The van der Waals surface area contributed by atoms with E-state index in [-0.39, 0.29) is 5.82 Å². The lowest BCUT2D eigenvalue weighted by atomic mass is 10.1. The number of nitrogens with zero attached hydrogens (tertiary/aromatic N) is 4. The highest BCUT2D eigenvalue weighted by atomic mass is 19.1. The molecule has 0 unspecified atom stereocenters. The van der Waals surface area contributed by atoms with Crippen molar-refractivity contribution in [3.63, 3.8) is 0 Å². The summed E-state index contributed by atoms with van der Waals surface area (Å²) in [6.07, 6.45) is 7.24. The van der Waals surface area contributed by atoms with E-state index in [1.54, 1.807) is 12.5 Å². The Morgan fingerprint density at radius 2 is 2.22 bits per heavy atom. The zero-order valence-corrected chi connectivity index (χ0v) is 12.4. The normalized spacial score (nSPS) is 14.7. The standard InChI is InChI=1S/C17H15FN4O/c18-14-6-12(7-19-9-14)10-22-4-3-15-13(11-22)8-20-17(21-15)16-2-1-5-23-16/h1-2,5-9H,3-4,10-11H2. The first-order valence-electron chi connectivity index (χ1n) is 7.48. The molecular formula is C17H15FN4O. The van der Waals surface area contributed by atoms with E-state index >= 15 is 0 Å². The predicted molar refractivity (Wildman–Crippen MR) is 81.7 cm³/mol. The average molecular weight is 310 g/mol. The molecule has 3 aromatic rings. The number of aromatic nitrogens is 3. The Morgan fingerprint density at radius 1 is 1.26 bits per heavy atom. The molecule has 1 aliphatic rings. The van der Waals surface area contributed by atoms with Gasteiger partial charge < -0.3 is 4.42 Å². The molecule has 0 bridgehead atoms. The van der Waals surface area contributed by atoms with Gasteiger partial charge in [0.25, 0.3) is 0 Å². The van der Waals surface area contributed by atoms with Gasteiger partial charge in [-0.25, -0.2) is 14.4 Å². The highest BCUT2D eigenvalue weighted by Crippen LogP contribution is 2.22. The fourth-order valence-electron chi connectivity index (χ4n) is 2.83. The summed E-state index contributed by atoms with van der Waals surface area (Å²) in [5, 5.41) is 0. The van der Waals surface area contributed by atoms with E-state index in [9.17, 15) is 4.39 Å². The maximum Gasteiger partial charge on any atom is 0.195 e. The van der Waals surface area contributed by atoms with Crippen LogP contribution >= 0.6 is 0 Å². The molecule has 0 N–H and O–H groups in total. The first-order valence-corrected chi connectivity index (χ1v) is 7.48. The number of hydrogen-bond acceptors (Lipinski definition) is 5. The summed E-state index contributed by atoms with van der Waals surface area (Å²) in [4.78, 5) is 15.1. The maximum atomic E-state index is 13.2.